The third kappa shape index (κ3) is 2.96. The molecule has 1 aromatic heterocycles. The van der Waals surface area contributed by atoms with E-state index in [4.69, 9.17) is 9.31 Å². The van der Waals surface area contributed by atoms with E-state index < -0.39 is 29.5 Å². The Bertz CT molecular complexity index is 610. The highest BCUT2D eigenvalue weighted by Crippen LogP contribution is 2.49. The van der Waals surface area contributed by atoms with Crippen LogP contribution >= 0.6 is 11.3 Å². The summed E-state index contributed by atoms with van der Waals surface area (Å²) in [6.45, 7) is 7.87. The van der Waals surface area contributed by atoms with E-state index in [1.807, 2.05) is 39.8 Å². The minimum atomic E-state index is -4.39. The lowest BCUT2D eigenvalue weighted by Gasteiger charge is -2.32. The second kappa shape index (κ2) is 5.32. The van der Waals surface area contributed by atoms with Gasteiger partial charge >= 0.3 is 13.3 Å². The average Bonchev–Trinajstić information content (AvgIpc) is 3.08. The van der Waals surface area contributed by atoms with Crippen LogP contribution in [0.4, 0.5) is 13.2 Å². The first kappa shape index (κ1) is 17.0. The van der Waals surface area contributed by atoms with Crippen molar-refractivity contribution >= 4 is 18.5 Å². The molecule has 1 aliphatic carbocycles. The number of alkyl halides is 3. The zero-order chi connectivity index (χ0) is 17.0. The summed E-state index contributed by atoms with van der Waals surface area (Å²) >= 11 is 0.712. The van der Waals surface area contributed by atoms with Crippen molar-refractivity contribution in [1.29, 1.82) is 0 Å². The van der Waals surface area contributed by atoms with Gasteiger partial charge in [0.05, 0.1) is 11.2 Å². The largest absolute Gasteiger partial charge is 0.465 e. The fourth-order valence-corrected chi connectivity index (χ4v) is 3.85. The Morgan fingerprint density at radius 1 is 1.22 bits per heavy atom. The van der Waals surface area contributed by atoms with Crippen molar-refractivity contribution < 1.29 is 22.5 Å². The van der Waals surface area contributed by atoms with Gasteiger partial charge in [-0.15, -0.1) is 11.3 Å². The number of allylic oxidation sites excluding steroid dienone is 2. The average molecular weight is 345 g/mol. The molecule has 2 aliphatic rings. The summed E-state index contributed by atoms with van der Waals surface area (Å²) in [6.07, 6.45) is 1.58. The van der Waals surface area contributed by atoms with Gasteiger partial charge in [-0.25, -0.2) is 4.98 Å². The predicted molar refractivity (Wildman–Crippen MR) is 83.4 cm³/mol. The SMILES string of the molecule is CC1(C)OB([C@@H]2C=CC[C@H]2c2cnc(C(F)(F)F)s2)OC1(C)C. The molecule has 1 saturated heterocycles. The number of rotatable bonds is 2. The first-order chi connectivity index (χ1) is 10.5. The summed E-state index contributed by atoms with van der Waals surface area (Å²) in [7, 11) is -0.458. The molecule has 0 N–H and O–H groups in total. The normalized spacial score (nSPS) is 29.4. The fraction of sp³-hybridized carbons (Fsp3) is 0.667. The van der Waals surface area contributed by atoms with E-state index in [1.54, 1.807) is 0 Å². The smallest absolute Gasteiger partial charge is 0.403 e. The van der Waals surface area contributed by atoms with Gasteiger partial charge in [0.2, 0.25) is 0 Å². The fourth-order valence-electron chi connectivity index (χ4n) is 2.89. The van der Waals surface area contributed by atoms with Crippen LogP contribution in [-0.2, 0) is 15.5 Å². The third-order valence-corrected chi connectivity index (χ3v) is 6.10. The van der Waals surface area contributed by atoms with Crippen LogP contribution < -0.4 is 0 Å². The van der Waals surface area contributed by atoms with Crippen molar-refractivity contribution in [1.82, 2.24) is 4.98 Å². The highest BCUT2D eigenvalue weighted by Gasteiger charge is 2.55. The number of thiazole rings is 1. The van der Waals surface area contributed by atoms with Crippen LogP contribution in [0.2, 0.25) is 5.82 Å². The molecule has 23 heavy (non-hydrogen) atoms. The molecule has 0 radical (unpaired) electrons. The van der Waals surface area contributed by atoms with E-state index in [0.29, 0.717) is 22.6 Å². The van der Waals surface area contributed by atoms with Crippen LogP contribution in [0, 0.1) is 0 Å². The Balaban J connectivity index is 1.81. The Hall–Kier alpha value is -0.855. The second-order valence-electron chi connectivity index (χ2n) is 7.04. The third-order valence-electron chi connectivity index (χ3n) is 4.93. The van der Waals surface area contributed by atoms with Crippen molar-refractivity contribution in [3.05, 3.63) is 28.2 Å². The highest BCUT2D eigenvalue weighted by atomic mass is 32.1. The predicted octanol–water partition coefficient (Wildman–Crippen LogP) is 4.67. The summed E-state index contributed by atoms with van der Waals surface area (Å²) in [4.78, 5) is 4.16. The van der Waals surface area contributed by atoms with Gasteiger partial charge < -0.3 is 9.31 Å². The molecule has 0 aromatic carbocycles. The lowest BCUT2D eigenvalue weighted by molar-refractivity contribution is -0.137. The Kier molecular flexibility index (Phi) is 3.93. The molecule has 0 bridgehead atoms. The lowest BCUT2D eigenvalue weighted by atomic mass is 9.66. The van der Waals surface area contributed by atoms with E-state index in [-0.39, 0.29) is 11.7 Å². The van der Waals surface area contributed by atoms with Gasteiger partial charge in [-0.2, -0.15) is 13.2 Å². The van der Waals surface area contributed by atoms with Crippen molar-refractivity contribution in [2.45, 2.75) is 63.2 Å². The standard InChI is InChI=1S/C15H19BF3NO2S/c1-13(2)14(3,4)22-16(21-13)10-7-5-6-9(10)11-8-20-12(23-11)15(17,18)19/h5,7-10H,6H2,1-4H3/t9-,10-/m1/s1. The van der Waals surface area contributed by atoms with Gasteiger partial charge in [-0.05, 0) is 34.1 Å². The molecular formula is C15H19BF3NO2S. The first-order valence-electron chi connectivity index (χ1n) is 7.56. The quantitative estimate of drug-likeness (QED) is 0.577. The van der Waals surface area contributed by atoms with Crippen molar-refractivity contribution in [2.75, 3.05) is 0 Å². The van der Waals surface area contributed by atoms with Gasteiger partial charge in [0.1, 0.15) is 0 Å². The monoisotopic (exact) mass is 345 g/mol. The van der Waals surface area contributed by atoms with E-state index in [2.05, 4.69) is 4.98 Å². The maximum atomic E-state index is 12.8. The van der Waals surface area contributed by atoms with Crippen molar-refractivity contribution in [3.8, 4) is 0 Å². The highest BCUT2D eigenvalue weighted by molar-refractivity contribution is 7.11. The minimum Gasteiger partial charge on any atom is -0.403 e. The Morgan fingerprint density at radius 2 is 1.83 bits per heavy atom. The van der Waals surface area contributed by atoms with E-state index >= 15 is 0 Å². The molecule has 8 heteroatoms. The molecule has 3 rings (SSSR count). The number of hydrogen-bond acceptors (Lipinski definition) is 4. The maximum absolute atomic E-state index is 12.8. The van der Waals surface area contributed by atoms with Crippen LogP contribution in [0.1, 0.15) is 49.9 Å². The molecule has 2 atom stereocenters. The topological polar surface area (TPSA) is 31.4 Å². The first-order valence-corrected chi connectivity index (χ1v) is 8.38. The summed E-state index contributed by atoms with van der Waals surface area (Å²) < 4.78 is 50.4. The molecule has 3 nitrogen and oxygen atoms in total. The van der Waals surface area contributed by atoms with Crippen LogP contribution in [0.25, 0.3) is 0 Å². The molecule has 1 aliphatic heterocycles. The van der Waals surface area contributed by atoms with E-state index in [1.165, 1.54) is 6.20 Å². The molecule has 126 valence electrons. The van der Waals surface area contributed by atoms with E-state index in [0.717, 1.165) is 0 Å². The molecule has 2 heterocycles. The van der Waals surface area contributed by atoms with Crippen LogP contribution in [-0.4, -0.2) is 23.3 Å². The summed E-state index contributed by atoms with van der Waals surface area (Å²) in [5.74, 6) is -0.184. The summed E-state index contributed by atoms with van der Waals surface area (Å²) in [5, 5.41) is -0.799. The Labute approximate surface area is 138 Å². The lowest BCUT2D eigenvalue weighted by Crippen LogP contribution is -2.41. The summed E-state index contributed by atoms with van der Waals surface area (Å²) in [6, 6.07) is 0. The van der Waals surface area contributed by atoms with Crippen molar-refractivity contribution in [2.24, 2.45) is 0 Å². The number of aromatic nitrogens is 1. The molecule has 0 saturated carbocycles. The summed E-state index contributed by atoms with van der Waals surface area (Å²) in [5.41, 5.74) is -0.910. The Morgan fingerprint density at radius 3 is 2.35 bits per heavy atom. The minimum absolute atomic E-state index is 0.0849. The van der Waals surface area contributed by atoms with Gasteiger partial charge in [-0.1, -0.05) is 12.2 Å². The zero-order valence-electron chi connectivity index (χ0n) is 13.5. The molecule has 0 spiro atoms. The molecule has 0 unspecified atom stereocenters. The zero-order valence-corrected chi connectivity index (χ0v) is 14.3. The second-order valence-corrected chi connectivity index (χ2v) is 8.10. The number of nitrogens with zero attached hydrogens (tertiary/aromatic N) is 1. The number of hydrogen-bond donors (Lipinski definition) is 0. The molecule has 1 aromatic rings. The van der Waals surface area contributed by atoms with Crippen LogP contribution in [0.5, 0.6) is 0 Å². The maximum Gasteiger partial charge on any atom is 0.465 e. The van der Waals surface area contributed by atoms with Crippen molar-refractivity contribution in [3.63, 3.8) is 0 Å². The number of halogens is 3. The van der Waals surface area contributed by atoms with Crippen LogP contribution in [0.15, 0.2) is 18.3 Å². The molecular weight excluding hydrogens is 326 g/mol. The van der Waals surface area contributed by atoms with Gasteiger partial charge in [0.15, 0.2) is 5.01 Å². The van der Waals surface area contributed by atoms with Gasteiger partial charge in [0, 0.05) is 22.8 Å². The van der Waals surface area contributed by atoms with Gasteiger partial charge in [-0.3, -0.25) is 0 Å². The molecule has 1 fully saturated rings. The van der Waals surface area contributed by atoms with Crippen LogP contribution in [0.3, 0.4) is 0 Å². The van der Waals surface area contributed by atoms with Gasteiger partial charge in [0.25, 0.3) is 0 Å². The molecule has 0 amide bonds. The van der Waals surface area contributed by atoms with E-state index in [9.17, 15) is 13.2 Å².